The van der Waals surface area contributed by atoms with Crippen molar-refractivity contribution >= 4 is 5.91 Å². The van der Waals surface area contributed by atoms with E-state index in [1.807, 2.05) is 44.2 Å². The van der Waals surface area contributed by atoms with E-state index in [1.54, 1.807) is 29.7 Å². The molecule has 3 rings (SSSR count). The van der Waals surface area contributed by atoms with Gasteiger partial charge in [-0.3, -0.25) is 14.8 Å². The van der Waals surface area contributed by atoms with Crippen molar-refractivity contribution in [1.82, 2.24) is 14.9 Å². The molecule has 0 fully saturated rings. The molecule has 3 heterocycles. The molecule has 5 nitrogen and oxygen atoms in total. The van der Waals surface area contributed by atoms with Gasteiger partial charge in [0, 0.05) is 43.4 Å². The Kier molecular flexibility index (Phi) is 4.70. The minimum Gasteiger partial charge on any atom is -0.456 e. The van der Waals surface area contributed by atoms with E-state index in [9.17, 15) is 4.79 Å². The maximum absolute atomic E-state index is 13.0. The summed E-state index contributed by atoms with van der Waals surface area (Å²) in [6, 6.07) is 9.52. The van der Waals surface area contributed by atoms with Gasteiger partial charge >= 0.3 is 0 Å². The zero-order valence-electron chi connectivity index (χ0n) is 13.8. The standard InChI is InChI=1S/C19H19N3O2/c1-14-10-15(2)24-18(14)19(23)22(12-16-5-8-20-9-6-16)13-17-4-3-7-21-11-17/h3-11H,12-13H2,1-2H3. The third kappa shape index (κ3) is 3.68. The van der Waals surface area contributed by atoms with Crippen LogP contribution in [0.25, 0.3) is 0 Å². The monoisotopic (exact) mass is 321 g/mol. The van der Waals surface area contributed by atoms with Gasteiger partial charge in [0.25, 0.3) is 5.91 Å². The molecule has 0 aliphatic heterocycles. The second kappa shape index (κ2) is 7.08. The number of aromatic nitrogens is 2. The zero-order valence-corrected chi connectivity index (χ0v) is 13.8. The van der Waals surface area contributed by atoms with E-state index < -0.39 is 0 Å². The summed E-state index contributed by atoms with van der Waals surface area (Å²) >= 11 is 0. The quantitative estimate of drug-likeness (QED) is 0.721. The van der Waals surface area contributed by atoms with Crippen molar-refractivity contribution in [3.8, 4) is 0 Å². The summed E-state index contributed by atoms with van der Waals surface area (Å²) in [6.45, 7) is 4.68. The maximum Gasteiger partial charge on any atom is 0.290 e. The molecule has 3 aromatic heterocycles. The fourth-order valence-corrected chi connectivity index (χ4v) is 2.62. The molecule has 0 aromatic carbocycles. The lowest BCUT2D eigenvalue weighted by molar-refractivity contribution is 0.0695. The first kappa shape index (κ1) is 15.9. The van der Waals surface area contributed by atoms with E-state index in [-0.39, 0.29) is 5.91 Å². The van der Waals surface area contributed by atoms with Crippen molar-refractivity contribution in [3.05, 3.63) is 83.3 Å². The highest BCUT2D eigenvalue weighted by Crippen LogP contribution is 2.19. The third-order valence-electron chi connectivity index (χ3n) is 3.74. The molecule has 0 aliphatic carbocycles. The van der Waals surface area contributed by atoms with E-state index in [0.29, 0.717) is 18.8 Å². The highest BCUT2D eigenvalue weighted by atomic mass is 16.4. The highest BCUT2D eigenvalue weighted by molar-refractivity contribution is 5.93. The molecule has 0 atom stereocenters. The van der Waals surface area contributed by atoms with E-state index in [1.165, 1.54) is 0 Å². The SMILES string of the molecule is Cc1cc(C)c(C(=O)N(Cc2ccncc2)Cc2cccnc2)o1. The number of pyridine rings is 2. The van der Waals surface area contributed by atoms with Crippen LogP contribution in [0.1, 0.15) is 33.0 Å². The van der Waals surface area contributed by atoms with Crippen LogP contribution in [0.3, 0.4) is 0 Å². The molecule has 0 radical (unpaired) electrons. The number of nitrogens with zero attached hydrogens (tertiary/aromatic N) is 3. The number of hydrogen-bond acceptors (Lipinski definition) is 4. The predicted octanol–water partition coefficient (Wildman–Crippen LogP) is 3.53. The Labute approximate surface area is 141 Å². The number of carbonyl (C=O) groups is 1. The van der Waals surface area contributed by atoms with Crippen molar-refractivity contribution in [2.24, 2.45) is 0 Å². The van der Waals surface area contributed by atoms with Crippen molar-refractivity contribution in [2.75, 3.05) is 0 Å². The first-order valence-electron chi connectivity index (χ1n) is 7.77. The average Bonchev–Trinajstić information content (AvgIpc) is 2.94. The normalized spacial score (nSPS) is 10.6. The summed E-state index contributed by atoms with van der Waals surface area (Å²) in [5.74, 6) is 1.01. The Balaban J connectivity index is 1.89. The molecule has 1 amide bonds. The van der Waals surface area contributed by atoms with Crippen LogP contribution in [0.5, 0.6) is 0 Å². The largest absolute Gasteiger partial charge is 0.456 e. The van der Waals surface area contributed by atoms with Crippen molar-refractivity contribution in [1.29, 1.82) is 0 Å². The van der Waals surface area contributed by atoms with Gasteiger partial charge in [0.05, 0.1) is 0 Å². The maximum atomic E-state index is 13.0. The van der Waals surface area contributed by atoms with Crippen molar-refractivity contribution in [3.63, 3.8) is 0 Å². The van der Waals surface area contributed by atoms with Gasteiger partial charge < -0.3 is 9.32 Å². The van der Waals surface area contributed by atoms with E-state index in [0.717, 1.165) is 22.5 Å². The number of amides is 1. The Morgan fingerprint density at radius 3 is 2.42 bits per heavy atom. The summed E-state index contributed by atoms with van der Waals surface area (Å²) in [5, 5.41) is 0. The Hall–Kier alpha value is -2.95. The lowest BCUT2D eigenvalue weighted by Crippen LogP contribution is -2.30. The molecule has 0 saturated heterocycles. The summed E-state index contributed by atoms with van der Waals surface area (Å²) in [4.78, 5) is 22.9. The average molecular weight is 321 g/mol. The Morgan fingerprint density at radius 2 is 1.79 bits per heavy atom. The number of aryl methyl sites for hydroxylation is 2. The first-order chi connectivity index (χ1) is 11.6. The molecule has 0 aliphatic rings. The summed E-state index contributed by atoms with van der Waals surface area (Å²) in [6.07, 6.45) is 6.94. The van der Waals surface area contributed by atoms with E-state index >= 15 is 0 Å². The smallest absolute Gasteiger partial charge is 0.290 e. The number of furan rings is 1. The van der Waals surface area contributed by atoms with Crippen LogP contribution in [0.4, 0.5) is 0 Å². The van der Waals surface area contributed by atoms with Gasteiger partial charge in [-0.15, -0.1) is 0 Å². The van der Waals surface area contributed by atoms with Gasteiger partial charge in [-0.05, 0) is 49.2 Å². The Bertz CT molecular complexity index is 772. The third-order valence-corrected chi connectivity index (χ3v) is 3.74. The van der Waals surface area contributed by atoms with Crippen LogP contribution >= 0.6 is 0 Å². The summed E-state index contributed by atoms with van der Waals surface area (Å²) in [7, 11) is 0. The second-order valence-corrected chi connectivity index (χ2v) is 5.75. The zero-order chi connectivity index (χ0) is 16.9. The first-order valence-corrected chi connectivity index (χ1v) is 7.77. The van der Waals surface area contributed by atoms with Gasteiger partial charge in [-0.1, -0.05) is 6.07 Å². The van der Waals surface area contributed by atoms with Crippen LogP contribution in [-0.4, -0.2) is 20.8 Å². The number of hydrogen-bond donors (Lipinski definition) is 0. The highest BCUT2D eigenvalue weighted by Gasteiger charge is 2.22. The molecule has 0 saturated carbocycles. The lowest BCUT2D eigenvalue weighted by atomic mass is 10.2. The molecule has 5 heteroatoms. The predicted molar refractivity (Wildman–Crippen MR) is 90.2 cm³/mol. The van der Waals surface area contributed by atoms with Crippen LogP contribution in [0, 0.1) is 13.8 Å². The molecule has 0 unspecified atom stereocenters. The summed E-state index contributed by atoms with van der Waals surface area (Å²) in [5.41, 5.74) is 2.84. The van der Waals surface area contributed by atoms with Gasteiger partial charge in [0.15, 0.2) is 5.76 Å². The lowest BCUT2D eigenvalue weighted by Gasteiger charge is -2.22. The number of carbonyl (C=O) groups excluding carboxylic acids is 1. The second-order valence-electron chi connectivity index (χ2n) is 5.75. The molecule has 122 valence electrons. The Morgan fingerprint density at radius 1 is 1.04 bits per heavy atom. The minimum atomic E-state index is -0.124. The molecule has 3 aromatic rings. The fraction of sp³-hybridized carbons (Fsp3) is 0.211. The van der Waals surface area contributed by atoms with Crippen molar-refractivity contribution in [2.45, 2.75) is 26.9 Å². The van der Waals surface area contributed by atoms with Crippen LogP contribution in [0.2, 0.25) is 0 Å². The number of rotatable bonds is 5. The van der Waals surface area contributed by atoms with Gasteiger partial charge in [0.2, 0.25) is 0 Å². The van der Waals surface area contributed by atoms with Gasteiger partial charge in [-0.2, -0.15) is 0 Å². The minimum absolute atomic E-state index is 0.124. The topological polar surface area (TPSA) is 59.2 Å². The molecule has 0 bridgehead atoms. The molecule has 24 heavy (non-hydrogen) atoms. The van der Waals surface area contributed by atoms with Gasteiger partial charge in [0.1, 0.15) is 5.76 Å². The molecular formula is C19H19N3O2. The van der Waals surface area contributed by atoms with Crippen LogP contribution in [0.15, 0.2) is 59.5 Å². The molecular weight excluding hydrogens is 302 g/mol. The van der Waals surface area contributed by atoms with Gasteiger partial charge in [-0.25, -0.2) is 0 Å². The molecule has 0 spiro atoms. The summed E-state index contributed by atoms with van der Waals surface area (Å²) < 4.78 is 5.61. The van der Waals surface area contributed by atoms with Crippen molar-refractivity contribution < 1.29 is 9.21 Å². The van der Waals surface area contributed by atoms with Crippen LogP contribution in [-0.2, 0) is 13.1 Å². The van der Waals surface area contributed by atoms with Crippen LogP contribution < -0.4 is 0 Å². The van der Waals surface area contributed by atoms with E-state index in [2.05, 4.69) is 9.97 Å². The molecule has 0 N–H and O–H groups in total. The fourth-order valence-electron chi connectivity index (χ4n) is 2.62. The van der Waals surface area contributed by atoms with E-state index in [4.69, 9.17) is 4.42 Å².